The van der Waals surface area contributed by atoms with Gasteiger partial charge in [-0.25, -0.2) is 18.4 Å². The van der Waals surface area contributed by atoms with Gasteiger partial charge >= 0.3 is 12.0 Å². The lowest BCUT2D eigenvalue weighted by Crippen LogP contribution is -2.43. The fraction of sp³-hybridized carbons (Fsp3) is 0.385. The summed E-state index contributed by atoms with van der Waals surface area (Å²) < 4.78 is 26.3. The van der Waals surface area contributed by atoms with Crippen molar-refractivity contribution in [2.45, 2.75) is 32.2 Å². The van der Waals surface area contributed by atoms with Crippen molar-refractivity contribution in [3.05, 3.63) is 29.8 Å². The Balaban J connectivity index is 2.66. The molecular weight excluding hydrogens is 270 g/mol. The van der Waals surface area contributed by atoms with E-state index in [0.717, 1.165) is 12.5 Å². The molecule has 3 N–H and O–H groups in total. The van der Waals surface area contributed by atoms with E-state index in [9.17, 15) is 18.4 Å². The van der Waals surface area contributed by atoms with Crippen LogP contribution in [-0.4, -0.2) is 23.1 Å². The van der Waals surface area contributed by atoms with E-state index < -0.39 is 29.7 Å². The first kappa shape index (κ1) is 15.9. The van der Waals surface area contributed by atoms with E-state index in [1.807, 2.05) is 6.92 Å². The molecule has 0 radical (unpaired) electrons. The number of urea groups is 1. The normalized spacial score (nSPS) is 11.8. The number of hydrogen-bond donors (Lipinski definition) is 3. The molecule has 0 saturated heterocycles. The molecule has 0 spiro atoms. The zero-order valence-electron chi connectivity index (χ0n) is 11.0. The molecule has 0 saturated carbocycles. The van der Waals surface area contributed by atoms with Gasteiger partial charge in [-0.3, -0.25) is 0 Å². The summed E-state index contributed by atoms with van der Waals surface area (Å²) in [5.41, 5.74) is -0.345. The highest BCUT2D eigenvalue weighted by Crippen LogP contribution is 2.16. The Hall–Kier alpha value is -2.18. The van der Waals surface area contributed by atoms with Crippen molar-refractivity contribution in [3.63, 3.8) is 0 Å². The predicted octanol–water partition coefficient (Wildman–Crippen LogP) is 2.73. The second-order valence-corrected chi connectivity index (χ2v) is 4.23. The van der Waals surface area contributed by atoms with Crippen LogP contribution in [0.2, 0.25) is 0 Å². The van der Waals surface area contributed by atoms with Gasteiger partial charge in [0.2, 0.25) is 0 Å². The number of carbonyl (C=O) groups excluding carboxylic acids is 1. The van der Waals surface area contributed by atoms with E-state index in [1.54, 1.807) is 0 Å². The van der Waals surface area contributed by atoms with Crippen molar-refractivity contribution < 1.29 is 23.5 Å². The Morgan fingerprint density at radius 2 is 2.05 bits per heavy atom. The topological polar surface area (TPSA) is 78.4 Å². The number of hydrogen-bond acceptors (Lipinski definition) is 2. The maximum absolute atomic E-state index is 13.3. The highest BCUT2D eigenvalue weighted by atomic mass is 19.2. The summed E-state index contributed by atoms with van der Waals surface area (Å²) in [6.07, 6.45) is 1.68. The molecule has 1 aromatic carbocycles. The van der Waals surface area contributed by atoms with Gasteiger partial charge in [0, 0.05) is 0 Å². The molecule has 0 bridgehead atoms. The van der Waals surface area contributed by atoms with Gasteiger partial charge in [-0.15, -0.1) is 0 Å². The molecule has 7 heteroatoms. The lowest BCUT2D eigenvalue weighted by atomic mass is 10.1. The van der Waals surface area contributed by atoms with E-state index in [4.69, 9.17) is 5.11 Å². The fourth-order valence-corrected chi connectivity index (χ4v) is 1.58. The van der Waals surface area contributed by atoms with E-state index in [2.05, 4.69) is 10.6 Å². The van der Waals surface area contributed by atoms with Gasteiger partial charge in [0.1, 0.15) is 6.04 Å². The first-order chi connectivity index (χ1) is 9.45. The largest absolute Gasteiger partial charge is 0.480 e. The van der Waals surface area contributed by atoms with Crippen LogP contribution in [0.4, 0.5) is 19.3 Å². The Labute approximate surface area is 115 Å². The third-order valence-corrected chi connectivity index (χ3v) is 2.65. The Morgan fingerprint density at radius 1 is 1.35 bits per heavy atom. The highest BCUT2D eigenvalue weighted by molar-refractivity contribution is 5.92. The number of nitrogens with one attached hydrogen (secondary N) is 2. The molecular formula is C13H16F2N2O3. The van der Waals surface area contributed by atoms with E-state index in [1.165, 1.54) is 12.1 Å². The molecule has 1 atom stereocenters. The SMILES string of the molecule is CCCC[C@H](NC(=O)Nc1cccc(F)c1F)C(=O)O. The fourth-order valence-electron chi connectivity index (χ4n) is 1.58. The maximum Gasteiger partial charge on any atom is 0.326 e. The average Bonchev–Trinajstić information content (AvgIpc) is 2.39. The van der Waals surface area contributed by atoms with Gasteiger partial charge in [0.05, 0.1) is 5.69 Å². The molecule has 0 aliphatic heterocycles. The number of halogens is 2. The molecule has 0 aromatic heterocycles. The third-order valence-electron chi connectivity index (χ3n) is 2.65. The number of carbonyl (C=O) groups is 2. The lowest BCUT2D eigenvalue weighted by molar-refractivity contribution is -0.139. The van der Waals surface area contributed by atoms with Crippen LogP contribution in [0.5, 0.6) is 0 Å². The Bertz CT molecular complexity index is 495. The van der Waals surface area contributed by atoms with Gasteiger partial charge < -0.3 is 15.7 Å². The average molecular weight is 286 g/mol. The van der Waals surface area contributed by atoms with E-state index in [0.29, 0.717) is 6.42 Å². The van der Waals surface area contributed by atoms with Gasteiger partial charge in [0.15, 0.2) is 11.6 Å². The molecule has 2 amide bonds. The maximum atomic E-state index is 13.3. The molecule has 0 heterocycles. The summed E-state index contributed by atoms with van der Waals surface area (Å²) >= 11 is 0. The summed E-state index contributed by atoms with van der Waals surface area (Å²) in [7, 11) is 0. The highest BCUT2D eigenvalue weighted by Gasteiger charge is 2.20. The van der Waals surface area contributed by atoms with Crippen LogP contribution in [-0.2, 0) is 4.79 Å². The van der Waals surface area contributed by atoms with Crippen LogP contribution in [0.25, 0.3) is 0 Å². The van der Waals surface area contributed by atoms with E-state index in [-0.39, 0.29) is 12.1 Å². The third kappa shape index (κ3) is 4.49. The number of aliphatic carboxylic acids is 1. The van der Waals surface area contributed by atoms with Crippen LogP contribution >= 0.6 is 0 Å². The van der Waals surface area contributed by atoms with Gasteiger partial charge in [0.25, 0.3) is 0 Å². The van der Waals surface area contributed by atoms with Crippen molar-refractivity contribution in [2.24, 2.45) is 0 Å². The van der Waals surface area contributed by atoms with Gasteiger partial charge in [-0.2, -0.15) is 0 Å². The zero-order chi connectivity index (χ0) is 15.1. The standard InChI is InChI=1S/C13H16F2N2O3/c1-2-3-6-10(12(18)19)17-13(20)16-9-7-4-5-8(14)11(9)15/h4-5,7,10H,2-3,6H2,1H3,(H,18,19)(H2,16,17,20)/t10-/m0/s1. The van der Waals surface area contributed by atoms with Crippen molar-refractivity contribution in [1.82, 2.24) is 5.32 Å². The Morgan fingerprint density at radius 3 is 2.65 bits per heavy atom. The summed E-state index contributed by atoms with van der Waals surface area (Å²) in [6.45, 7) is 1.89. The molecule has 0 unspecified atom stereocenters. The number of benzene rings is 1. The second kappa shape index (κ2) is 7.42. The summed E-state index contributed by atoms with van der Waals surface area (Å²) in [5, 5.41) is 13.2. The van der Waals surface area contributed by atoms with Gasteiger partial charge in [-0.1, -0.05) is 25.8 Å². The number of unbranched alkanes of at least 4 members (excludes halogenated alkanes) is 1. The molecule has 0 aliphatic rings. The lowest BCUT2D eigenvalue weighted by Gasteiger charge is -2.15. The van der Waals surface area contributed by atoms with Crippen molar-refractivity contribution in [2.75, 3.05) is 5.32 Å². The predicted molar refractivity (Wildman–Crippen MR) is 69.5 cm³/mol. The molecule has 1 aromatic rings. The first-order valence-corrected chi connectivity index (χ1v) is 6.20. The summed E-state index contributed by atoms with van der Waals surface area (Å²) in [6, 6.07) is 1.38. The monoisotopic (exact) mass is 286 g/mol. The number of carboxylic acid groups (broad SMARTS) is 1. The minimum absolute atomic E-state index is 0.269. The number of amides is 2. The summed E-state index contributed by atoms with van der Waals surface area (Å²) in [5.74, 6) is -3.46. The van der Waals surface area contributed by atoms with Crippen LogP contribution < -0.4 is 10.6 Å². The van der Waals surface area contributed by atoms with Crippen LogP contribution in [0.15, 0.2) is 18.2 Å². The van der Waals surface area contributed by atoms with Crippen molar-refractivity contribution in [3.8, 4) is 0 Å². The minimum Gasteiger partial charge on any atom is -0.480 e. The second-order valence-electron chi connectivity index (χ2n) is 4.23. The molecule has 20 heavy (non-hydrogen) atoms. The number of carboxylic acids is 1. The van der Waals surface area contributed by atoms with E-state index >= 15 is 0 Å². The molecule has 0 fully saturated rings. The first-order valence-electron chi connectivity index (χ1n) is 6.20. The minimum atomic E-state index is -1.19. The summed E-state index contributed by atoms with van der Waals surface area (Å²) in [4.78, 5) is 22.5. The van der Waals surface area contributed by atoms with Crippen LogP contribution in [0.3, 0.4) is 0 Å². The molecule has 0 aliphatic carbocycles. The smallest absolute Gasteiger partial charge is 0.326 e. The van der Waals surface area contributed by atoms with Crippen molar-refractivity contribution >= 4 is 17.7 Å². The quantitative estimate of drug-likeness (QED) is 0.752. The molecule has 5 nitrogen and oxygen atoms in total. The number of rotatable bonds is 6. The van der Waals surface area contributed by atoms with Crippen molar-refractivity contribution in [1.29, 1.82) is 0 Å². The molecule has 110 valence electrons. The van der Waals surface area contributed by atoms with Crippen LogP contribution in [0.1, 0.15) is 26.2 Å². The van der Waals surface area contributed by atoms with Crippen LogP contribution in [0, 0.1) is 11.6 Å². The zero-order valence-corrected chi connectivity index (χ0v) is 11.0. The molecule has 1 rings (SSSR count). The number of anilines is 1. The van der Waals surface area contributed by atoms with Gasteiger partial charge in [-0.05, 0) is 18.6 Å². The Kier molecular flexibility index (Phi) is 5.89.